The number of carbonyl (C=O) groups is 3. The van der Waals surface area contributed by atoms with Gasteiger partial charge in [-0.15, -0.1) is 0 Å². The second kappa shape index (κ2) is 19.7. The van der Waals surface area contributed by atoms with Gasteiger partial charge in [-0.25, -0.2) is 4.79 Å². The first kappa shape index (κ1) is 39.1. The summed E-state index contributed by atoms with van der Waals surface area (Å²) in [5, 5.41) is 0. The van der Waals surface area contributed by atoms with Crippen molar-refractivity contribution in [2.45, 2.75) is 70.4 Å². The van der Waals surface area contributed by atoms with E-state index in [4.69, 9.17) is 9.47 Å². The minimum atomic E-state index is -0.787. The Morgan fingerprint density at radius 2 is 1.25 bits per heavy atom. The molecule has 5 rings (SSSR count). The molecule has 1 saturated heterocycles. The lowest BCUT2D eigenvalue weighted by Gasteiger charge is -2.40. The Hall–Kier alpha value is -5.09. The van der Waals surface area contributed by atoms with E-state index in [0.717, 1.165) is 30.6 Å². The van der Waals surface area contributed by atoms with Crippen LogP contribution in [0.25, 0.3) is 0 Å². The number of ether oxygens (including phenoxy) is 2. The topological polar surface area (TPSA) is 105 Å². The van der Waals surface area contributed by atoms with Crippen LogP contribution in [0.4, 0.5) is 4.79 Å². The molecule has 4 aromatic rings. The van der Waals surface area contributed by atoms with Crippen LogP contribution in [0.5, 0.6) is 0 Å². The lowest BCUT2D eigenvalue weighted by molar-refractivity contribution is -0.146. The van der Waals surface area contributed by atoms with Gasteiger partial charge in [0.05, 0.1) is 12.6 Å². The highest BCUT2D eigenvalue weighted by atomic mass is 16.6. The molecule has 10 heteroatoms. The molecule has 0 unspecified atom stereocenters. The van der Waals surface area contributed by atoms with Crippen LogP contribution in [0.15, 0.2) is 110 Å². The summed E-state index contributed by atoms with van der Waals surface area (Å²) in [6.45, 7) is 7.25. The third-order valence-electron chi connectivity index (χ3n) is 9.38. The number of esters is 1. The van der Waals surface area contributed by atoms with Crippen LogP contribution in [-0.2, 0) is 19.1 Å². The molecular weight excluding hydrogens is 667 g/mol. The summed E-state index contributed by atoms with van der Waals surface area (Å²) in [6, 6.07) is 29.0. The number of amides is 2. The number of benzene rings is 2. The fourth-order valence-electron chi connectivity index (χ4n) is 6.77. The maximum atomic E-state index is 13.6. The molecule has 280 valence electrons. The first-order valence-electron chi connectivity index (χ1n) is 18.7. The average molecular weight is 720 g/mol. The molecule has 1 aliphatic rings. The Labute approximate surface area is 314 Å². The molecule has 0 spiro atoms. The van der Waals surface area contributed by atoms with E-state index >= 15 is 0 Å². The van der Waals surface area contributed by atoms with Gasteiger partial charge in [0.25, 0.3) is 0 Å². The first-order valence-corrected chi connectivity index (χ1v) is 18.7. The summed E-state index contributed by atoms with van der Waals surface area (Å²) in [6.07, 6.45) is 11.2. The molecule has 2 aromatic heterocycles. The van der Waals surface area contributed by atoms with Gasteiger partial charge in [0.2, 0.25) is 5.91 Å². The number of carbonyl (C=O) groups excluding carboxylic acids is 3. The van der Waals surface area contributed by atoms with Gasteiger partial charge in [-0.05, 0) is 68.0 Å². The molecule has 1 fully saturated rings. The van der Waals surface area contributed by atoms with Crippen LogP contribution in [0, 0.1) is 0 Å². The molecule has 0 radical (unpaired) electrons. The number of unbranched alkanes of at least 4 members (excludes halogenated alkanes) is 3. The largest absolute Gasteiger partial charge is 0.464 e. The van der Waals surface area contributed by atoms with Crippen LogP contribution in [0.3, 0.4) is 0 Å². The minimum absolute atomic E-state index is 0.0679. The molecule has 2 aromatic carbocycles. The van der Waals surface area contributed by atoms with Crippen molar-refractivity contribution in [1.82, 2.24) is 24.7 Å². The molecule has 2 amide bonds. The van der Waals surface area contributed by atoms with Crippen LogP contribution in [0.1, 0.15) is 87.1 Å². The van der Waals surface area contributed by atoms with Gasteiger partial charge in [-0.1, -0.05) is 92.1 Å². The number of pyridine rings is 2. The number of aromatic nitrogens is 2. The number of hydrogen-bond acceptors (Lipinski definition) is 8. The minimum Gasteiger partial charge on any atom is -0.464 e. The standard InChI is InChI=1S/C43H53N5O5/c1-43(2,3)53-42(51)48(32-39(49)46-25-27-47(28-26-46)41(34-16-8-6-9-17-34)35-18-10-7-11-19-35)33-40(50)52-29-13-5-4-12-22-38(36-20-14-23-44-30-36)37-21-15-24-45-31-37/h6-11,14-21,23-24,30-31,38,41H,4-5,12-13,22,25-29,32-33H2,1-3H3. The van der Waals surface area contributed by atoms with Crippen molar-refractivity contribution in [3.63, 3.8) is 0 Å². The van der Waals surface area contributed by atoms with E-state index in [1.165, 1.54) is 22.3 Å². The molecule has 0 atom stereocenters. The van der Waals surface area contributed by atoms with E-state index in [0.29, 0.717) is 32.6 Å². The van der Waals surface area contributed by atoms with Crippen molar-refractivity contribution in [3.05, 3.63) is 132 Å². The molecule has 53 heavy (non-hydrogen) atoms. The Morgan fingerprint density at radius 1 is 0.698 bits per heavy atom. The summed E-state index contributed by atoms with van der Waals surface area (Å²) >= 11 is 0. The monoisotopic (exact) mass is 719 g/mol. The second-order valence-electron chi connectivity index (χ2n) is 14.5. The predicted octanol–water partition coefficient (Wildman–Crippen LogP) is 7.27. The molecule has 10 nitrogen and oxygen atoms in total. The van der Waals surface area contributed by atoms with Crippen molar-refractivity contribution in [2.75, 3.05) is 45.9 Å². The third-order valence-corrected chi connectivity index (χ3v) is 9.38. The summed E-state index contributed by atoms with van der Waals surface area (Å²) in [5.41, 5.74) is 3.95. The lowest BCUT2D eigenvalue weighted by Crippen LogP contribution is -2.53. The van der Waals surface area contributed by atoms with Gasteiger partial charge in [-0.3, -0.25) is 29.4 Å². The SMILES string of the molecule is CC(C)(C)OC(=O)N(CC(=O)OCCCCCCC(c1cccnc1)c1cccnc1)CC(=O)N1CCN(C(c2ccccc2)c2ccccc2)CC1. The van der Waals surface area contributed by atoms with E-state index in [2.05, 4.69) is 51.3 Å². The number of hydrogen-bond donors (Lipinski definition) is 0. The van der Waals surface area contributed by atoms with Gasteiger partial charge in [0.1, 0.15) is 18.7 Å². The van der Waals surface area contributed by atoms with Crippen molar-refractivity contribution >= 4 is 18.0 Å². The summed E-state index contributed by atoms with van der Waals surface area (Å²) in [7, 11) is 0. The van der Waals surface area contributed by atoms with Crippen LogP contribution >= 0.6 is 0 Å². The zero-order valence-electron chi connectivity index (χ0n) is 31.3. The van der Waals surface area contributed by atoms with Crippen molar-refractivity contribution in [3.8, 4) is 0 Å². The highest BCUT2D eigenvalue weighted by Crippen LogP contribution is 2.30. The number of rotatable bonds is 16. The fourth-order valence-corrected chi connectivity index (χ4v) is 6.77. The van der Waals surface area contributed by atoms with E-state index in [-0.39, 0.29) is 37.6 Å². The zero-order valence-corrected chi connectivity index (χ0v) is 31.3. The maximum Gasteiger partial charge on any atom is 0.411 e. The quantitative estimate of drug-likeness (QED) is 0.0880. The van der Waals surface area contributed by atoms with Gasteiger partial charge in [0, 0.05) is 56.9 Å². The van der Waals surface area contributed by atoms with Crippen molar-refractivity contribution < 1.29 is 23.9 Å². The lowest BCUT2D eigenvalue weighted by atomic mass is 9.88. The van der Waals surface area contributed by atoms with Crippen molar-refractivity contribution in [1.29, 1.82) is 0 Å². The third kappa shape index (κ3) is 12.2. The fraction of sp³-hybridized carbons (Fsp3) is 0.419. The number of nitrogens with zero attached hydrogens (tertiary/aromatic N) is 5. The molecule has 3 heterocycles. The average Bonchev–Trinajstić information content (AvgIpc) is 3.17. The molecular formula is C43H53N5O5. The molecule has 0 saturated carbocycles. The zero-order chi connectivity index (χ0) is 37.5. The Morgan fingerprint density at radius 3 is 1.77 bits per heavy atom. The van der Waals surface area contributed by atoms with E-state index in [1.807, 2.05) is 60.9 Å². The highest BCUT2D eigenvalue weighted by molar-refractivity contribution is 5.85. The summed E-state index contributed by atoms with van der Waals surface area (Å²) < 4.78 is 11.1. The predicted molar refractivity (Wildman–Crippen MR) is 205 cm³/mol. The van der Waals surface area contributed by atoms with E-state index < -0.39 is 17.7 Å². The summed E-state index contributed by atoms with van der Waals surface area (Å²) in [5.74, 6) is -0.563. The van der Waals surface area contributed by atoms with Crippen molar-refractivity contribution in [2.24, 2.45) is 0 Å². The van der Waals surface area contributed by atoms with Crippen LogP contribution in [-0.4, -0.2) is 94.1 Å². The van der Waals surface area contributed by atoms with Crippen LogP contribution < -0.4 is 0 Å². The van der Waals surface area contributed by atoms with E-state index in [1.54, 1.807) is 38.1 Å². The molecule has 0 aliphatic carbocycles. The molecule has 0 N–H and O–H groups in total. The Bertz CT molecular complexity index is 1620. The van der Waals surface area contributed by atoms with E-state index in [9.17, 15) is 14.4 Å². The van der Waals surface area contributed by atoms with Gasteiger partial charge in [0.15, 0.2) is 0 Å². The van der Waals surface area contributed by atoms with Gasteiger partial charge < -0.3 is 14.4 Å². The smallest absolute Gasteiger partial charge is 0.411 e. The normalized spacial score (nSPS) is 13.6. The number of piperazine rings is 1. The van der Waals surface area contributed by atoms with Gasteiger partial charge >= 0.3 is 12.1 Å². The summed E-state index contributed by atoms with van der Waals surface area (Å²) in [4.78, 5) is 53.6. The molecule has 1 aliphatic heterocycles. The maximum absolute atomic E-state index is 13.6. The molecule has 0 bridgehead atoms. The second-order valence-corrected chi connectivity index (χ2v) is 14.5. The first-order chi connectivity index (χ1) is 25.7. The van der Waals surface area contributed by atoms with Gasteiger partial charge in [-0.2, -0.15) is 0 Å². The Balaban J connectivity index is 1.08. The Kier molecular flexibility index (Phi) is 14.5. The highest BCUT2D eigenvalue weighted by Gasteiger charge is 2.31. The van der Waals surface area contributed by atoms with Crippen LogP contribution in [0.2, 0.25) is 0 Å².